The Morgan fingerprint density at radius 1 is 1.04 bits per heavy atom. The number of anilines is 1. The number of hydrogen-bond donors (Lipinski definition) is 1. The van der Waals surface area contributed by atoms with E-state index in [1.54, 1.807) is 56.7 Å². The number of methoxy groups -OCH3 is 2. The molecule has 2 aromatic carbocycles. The van der Waals surface area contributed by atoms with Gasteiger partial charge in [-0.25, -0.2) is 0 Å². The van der Waals surface area contributed by atoms with E-state index >= 15 is 0 Å². The maximum atomic E-state index is 12.3. The molecule has 1 aromatic heterocycles. The highest BCUT2D eigenvalue weighted by Crippen LogP contribution is 2.31. The van der Waals surface area contributed by atoms with Crippen LogP contribution in [0.4, 0.5) is 5.69 Å². The molecule has 1 amide bonds. The van der Waals surface area contributed by atoms with Crippen molar-refractivity contribution in [2.24, 2.45) is 0 Å². The Kier molecular flexibility index (Phi) is 6.51. The fourth-order valence-corrected chi connectivity index (χ4v) is 3.33. The van der Waals surface area contributed by atoms with Gasteiger partial charge in [0.1, 0.15) is 0 Å². The van der Waals surface area contributed by atoms with Crippen molar-refractivity contribution in [3.63, 3.8) is 0 Å². The number of nitrogens with one attached hydrogen (secondary N) is 1. The number of ether oxygens (including phenoxy) is 2. The van der Waals surface area contributed by atoms with E-state index in [1.165, 1.54) is 0 Å². The maximum absolute atomic E-state index is 12.3. The predicted molar refractivity (Wildman–Crippen MR) is 113 cm³/mol. The summed E-state index contributed by atoms with van der Waals surface area (Å²) < 4.78 is 10.5. The summed E-state index contributed by atoms with van der Waals surface area (Å²) in [6.45, 7) is 0. The topological polar surface area (TPSA) is 73.3 Å². The van der Waals surface area contributed by atoms with E-state index in [1.807, 2.05) is 6.07 Å². The summed E-state index contributed by atoms with van der Waals surface area (Å²) >= 11 is 13.3. The van der Waals surface area contributed by atoms with Gasteiger partial charge in [0.25, 0.3) is 5.91 Å². The number of amides is 1. The number of nitrogens with zero attached hydrogens (tertiary/aromatic N) is 2. The first kappa shape index (κ1) is 20.1. The monoisotopic (exact) mass is 435 g/mol. The van der Waals surface area contributed by atoms with Gasteiger partial charge in [-0.2, -0.15) is 0 Å². The number of halogens is 2. The van der Waals surface area contributed by atoms with Crippen molar-refractivity contribution in [1.29, 1.82) is 0 Å². The van der Waals surface area contributed by atoms with Crippen LogP contribution in [0.3, 0.4) is 0 Å². The van der Waals surface area contributed by atoms with E-state index in [-0.39, 0.29) is 10.9 Å². The number of carbonyl (C=O) groups excluding carboxylic acids is 1. The Morgan fingerprint density at radius 3 is 2.39 bits per heavy atom. The van der Waals surface area contributed by atoms with Crippen molar-refractivity contribution in [2.45, 2.75) is 0 Å². The largest absolute Gasteiger partial charge is 0.493 e. The molecule has 0 aliphatic rings. The molecular weight excluding hydrogens is 421 g/mol. The van der Waals surface area contributed by atoms with Crippen LogP contribution in [0.15, 0.2) is 42.5 Å². The minimum Gasteiger partial charge on any atom is -0.493 e. The zero-order valence-corrected chi connectivity index (χ0v) is 17.2. The Bertz CT molecular complexity index is 1020. The minimum atomic E-state index is -0.373. The number of rotatable bonds is 6. The lowest BCUT2D eigenvalue weighted by molar-refractivity contribution is 0.102. The average Bonchev–Trinajstić information content (AvgIpc) is 3.20. The molecule has 0 fully saturated rings. The van der Waals surface area contributed by atoms with Crippen molar-refractivity contribution in [2.75, 3.05) is 19.5 Å². The minimum absolute atomic E-state index is 0.198. The molecule has 0 bridgehead atoms. The van der Waals surface area contributed by atoms with E-state index < -0.39 is 0 Å². The smallest absolute Gasteiger partial charge is 0.286 e. The van der Waals surface area contributed by atoms with E-state index in [0.717, 1.165) is 16.9 Å². The summed E-state index contributed by atoms with van der Waals surface area (Å²) in [4.78, 5) is 12.3. The molecule has 3 rings (SSSR count). The molecule has 28 heavy (non-hydrogen) atoms. The first-order valence-corrected chi connectivity index (χ1v) is 9.57. The van der Waals surface area contributed by atoms with Gasteiger partial charge in [-0.3, -0.25) is 4.79 Å². The summed E-state index contributed by atoms with van der Waals surface area (Å²) in [5.41, 5.74) is 1.41. The van der Waals surface area contributed by atoms with Crippen LogP contribution in [-0.2, 0) is 0 Å². The standard InChI is InChI=1S/C19H15Cl2N3O3S/c1-26-15-8-3-11(10-16(15)27-2)9-14(21)18-23-24-19(28-18)17(25)22-13-6-4-12(20)5-7-13/h3-10H,1-2H3,(H,22,25)/b14-9-. The van der Waals surface area contributed by atoms with E-state index in [2.05, 4.69) is 15.5 Å². The van der Waals surface area contributed by atoms with E-state index in [9.17, 15) is 4.79 Å². The molecule has 0 radical (unpaired) electrons. The highest BCUT2D eigenvalue weighted by atomic mass is 35.5. The van der Waals surface area contributed by atoms with Gasteiger partial charge in [-0.05, 0) is 48.0 Å². The number of benzene rings is 2. The van der Waals surface area contributed by atoms with Crippen LogP contribution in [0, 0.1) is 0 Å². The van der Waals surface area contributed by atoms with Crippen LogP contribution >= 0.6 is 34.5 Å². The zero-order chi connectivity index (χ0) is 20.1. The molecule has 1 N–H and O–H groups in total. The van der Waals surface area contributed by atoms with Gasteiger partial charge >= 0.3 is 0 Å². The summed E-state index contributed by atoms with van der Waals surface area (Å²) in [5.74, 6) is 0.829. The third-order valence-corrected chi connectivity index (χ3v) is 5.23. The van der Waals surface area contributed by atoms with Gasteiger partial charge in [0.05, 0.1) is 19.3 Å². The Hall–Kier alpha value is -2.61. The molecule has 0 aliphatic heterocycles. The highest BCUT2D eigenvalue weighted by molar-refractivity contribution is 7.15. The molecule has 0 saturated carbocycles. The van der Waals surface area contributed by atoms with Crippen molar-refractivity contribution in [1.82, 2.24) is 10.2 Å². The molecule has 1 heterocycles. The molecule has 0 spiro atoms. The van der Waals surface area contributed by atoms with Gasteiger partial charge in [-0.15, -0.1) is 10.2 Å². The lowest BCUT2D eigenvalue weighted by Gasteiger charge is -2.07. The zero-order valence-electron chi connectivity index (χ0n) is 14.9. The summed E-state index contributed by atoms with van der Waals surface area (Å²) in [7, 11) is 3.13. The van der Waals surface area contributed by atoms with Gasteiger partial charge in [0.2, 0.25) is 5.01 Å². The second kappa shape index (κ2) is 9.05. The van der Waals surface area contributed by atoms with Crippen molar-refractivity contribution in [3.05, 3.63) is 63.1 Å². The van der Waals surface area contributed by atoms with Crippen molar-refractivity contribution in [3.8, 4) is 11.5 Å². The third-order valence-electron chi connectivity index (χ3n) is 3.63. The Balaban J connectivity index is 1.76. The van der Waals surface area contributed by atoms with Gasteiger partial charge in [0.15, 0.2) is 16.5 Å². The van der Waals surface area contributed by atoms with E-state index in [0.29, 0.717) is 32.2 Å². The molecule has 3 aromatic rings. The average molecular weight is 436 g/mol. The highest BCUT2D eigenvalue weighted by Gasteiger charge is 2.15. The van der Waals surface area contributed by atoms with Gasteiger partial charge in [-0.1, -0.05) is 40.6 Å². The number of carbonyl (C=O) groups is 1. The lowest BCUT2D eigenvalue weighted by Crippen LogP contribution is -2.11. The molecular formula is C19H15Cl2N3O3S. The molecule has 144 valence electrons. The Morgan fingerprint density at radius 2 is 1.71 bits per heavy atom. The van der Waals surface area contributed by atoms with Crippen LogP contribution in [0.1, 0.15) is 20.4 Å². The number of hydrogen-bond acceptors (Lipinski definition) is 6. The lowest BCUT2D eigenvalue weighted by atomic mass is 10.2. The maximum Gasteiger partial charge on any atom is 0.286 e. The second-order valence-corrected chi connectivity index (χ2v) is 7.30. The van der Waals surface area contributed by atoms with Gasteiger partial charge in [0, 0.05) is 10.7 Å². The van der Waals surface area contributed by atoms with Crippen molar-refractivity contribution >= 4 is 57.2 Å². The van der Waals surface area contributed by atoms with Gasteiger partial charge < -0.3 is 14.8 Å². The molecule has 0 saturated heterocycles. The normalized spacial score (nSPS) is 11.2. The van der Waals surface area contributed by atoms with Crippen LogP contribution in [-0.4, -0.2) is 30.3 Å². The predicted octanol–water partition coefficient (Wildman–Crippen LogP) is 5.20. The molecule has 9 heteroatoms. The van der Waals surface area contributed by atoms with Crippen molar-refractivity contribution < 1.29 is 14.3 Å². The quantitative estimate of drug-likeness (QED) is 0.575. The van der Waals surface area contributed by atoms with Crippen LogP contribution in [0.2, 0.25) is 5.02 Å². The summed E-state index contributed by atoms with van der Waals surface area (Å²) in [6.07, 6.45) is 1.71. The number of aromatic nitrogens is 2. The van der Waals surface area contributed by atoms with Crippen LogP contribution in [0.25, 0.3) is 11.1 Å². The molecule has 0 aliphatic carbocycles. The third kappa shape index (κ3) is 4.81. The summed E-state index contributed by atoms with van der Waals surface area (Å²) in [6, 6.07) is 12.2. The van der Waals surface area contributed by atoms with Crippen LogP contribution < -0.4 is 14.8 Å². The molecule has 6 nitrogen and oxygen atoms in total. The van der Waals surface area contributed by atoms with Crippen LogP contribution in [0.5, 0.6) is 11.5 Å². The first-order valence-electron chi connectivity index (χ1n) is 8.00. The van der Waals surface area contributed by atoms with E-state index in [4.69, 9.17) is 32.7 Å². The SMILES string of the molecule is COc1ccc(/C=C(\Cl)c2nnc(C(=O)Nc3ccc(Cl)cc3)s2)cc1OC. The Labute approximate surface area is 175 Å². The first-order chi connectivity index (χ1) is 13.5. The molecule has 0 unspecified atom stereocenters. The second-order valence-electron chi connectivity index (χ2n) is 5.48. The summed E-state index contributed by atoms with van der Waals surface area (Å²) in [5, 5.41) is 12.2. The molecule has 0 atom stereocenters. The fraction of sp³-hybridized carbons (Fsp3) is 0.105. The fourth-order valence-electron chi connectivity index (χ4n) is 2.28.